The zero-order chi connectivity index (χ0) is 24.2. The van der Waals surface area contributed by atoms with Gasteiger partial charge in [0.25, 0.3) is 5.56 Å². The van der Waals surface area contributed by atoms with Gasteiger partial charge in [-0.1, -0.05) is 24.1 Å². The van der Waals surface area contributed by atoms with Crippen molar-refractivity contribution in [1.29, 1.82) is 0 Å². The number of nitrogens with one attached hydrogen (secondary N) is 1. The third kappa shape index (κ3) is 5.66. The van der Waals surface area contributed by atoms with Crippen molar-refractivity contribution in [2.24, 2.45) is 0 Å². The number of rotatable bonds is 4. The van der Waals surface area contributed by atoms with Crippen LogP contribution in [-0.2, 0) is 25.3 Å². The van der Waals surface area contributed by atoms with Crippen LogP contribution in [0.3, 0.4) is 0 Å². The Morgan fingerprint density at radius 2 is 2.09 bits per heavy atom. The highest BCUT2D eigenvalue weighted by atomic mass is 31.2. The van der Waals surface area contributed by atoms with E-state index in [0.717, 1.165) is 22.8 Å². The van der Waals surface area contributed by atoms with Gasteiger partial charge in [-0.15, -0.1) is 6.42 Å². The minimum atomic E-state index is -2.72. The molecule has 0 amide bonds. The molecule has 1 aromatic heterocycles. The van der Waals surface area contributed by atoms with Crippen LogP contribution in [0.5, 0.6) is 5.75 Å². The average Bonchev–Trinajstić information content (AvgIpc) is 3.26. The molecule has 0 saturated carbocycles. The Bertz CT molecular complexity index is 1140. The summed E-state index contributed by atoms with van der Waals surface area (Å²) in [5.74, 6) is 0.0418. The SMILES string of the molecule is C#Cc1cn(C2CCC(C(O)(O)OP3OCc4cccc(C)c4O3)O2)c(=O)[nH]c1=O.COF. The third-order valence-corrected chi connectivity index (χ3v) is 5.93. The molecule has 178 valence electrons. The number of benzene rings is 1. The summed E-state index contributed by atoms with van der Waals surface area (Å²) in [5.41, 5.74) is 0.256. The van der Waals surface area contributed by atoms with Crippen LogP contribution in [0.25, 0.3) is 0 Å². The number of ether oxygens (including phenoxy) is 1. The van der Waals surface area contributed by atoms with Crippen LogP contribution in [0.1, 0.15) is 35.8 Å². The number of H-pyrrole nitrogens is 1. The summed E-state index contributed by atoms with van der Waals surface area (Å²) in [4.78, 5) is 28.6. The smallest absolute Gasteiger partial charge is 0.402 e. The molecule has 0 aliphatic carbocycles. The van der Waals surface area contributed by atoms with Crippen molar-refractivity contribution in [3.05, 3.63) is 61.9 Å². The molecule has 2 aliphatic heterocycles. The maximum absolute atomic E-state index is 12.1. The van der Waals surface area contributed by atoms with Crippen LogP contribution in [0.15, 0.2) is 34.0 Å². The van der Waals surface area contributed by atoms with E-state index in [4.69, 9.17) is 24.7 Å². The van der Waals surface area contributed by atoms with Gasteiger partial charge in [-0.25, -0.2) is 9.32 Å². The Morgan fingerprint density at radius 1 is 1.36 bits per heavy atom. The second kappa shape index (κ2) is 10.5. The van der Waals surface area contributed by atoms with Crippen molar-refractivity contribution in [2.45, 2.75) is 44.7 Å². The van der Waals surface area contributed by atoms with E-state index in [1.165, 1.54) is 6.20 Å². The van der Waals surface area contributed by atoms with Crippen molar-refractivity contribution < 1.29 is 38.0 Å². The number of hydrogen-bond acceptors (Lipinski definition) is 9. The summed E-state index contributed by atoms with van der Waals surface area (Å²) in [6.45, 7) is 2.06. The summed E-state index contributed by atoms with van der Waals surface area (Å²) in [6.07, 6.45) is 4.82. The lowest BCUT2D eigenvalue weighted by molar-refractivity contribution is -0.346. The molecule has 2 aliphatic rings. The van der Waals surface area contributed by atoms with Crippen molar-refractivity contribution in [3.8, 4) is 18.1 Å². The number of aromatic amines is 1. The Labute approximate surface area is 188 Å². The lowest BCUT2D eigenvalue weighted by Crippen LogP contribution is -2.44. The molecule has 1 saturated heterocycles. The molecule has 3 heterocycles. The number of para-hydroxylation sites is 1. The van der Waals surface area contributed by atoms with E-state index in [0.29, 0.717) is 5.75 Å². The molecule has 13 heteroatoms. The van der Waals surface area contributed by atoms with Gasteiger partial charge in [0.15, 0.2) is 0 Å². The number of aromatic nitrogens is 2. The Balaban J connectivity index is 0.000000968. The first kappa shape index (κ1) is 25.0. The number of aryl methyl sites for hydroxylation is 1. The van der Waals surface area contributed by atoms with Crippen LogP contribution in [-0.4, -0.2) is 39.0 Å². The van der Waals surface area contributed by atoms with Gasteiger partial charge in [-0.3, -0.25) is 18.9 Å². The Morgan fingerprint density at radius 3 is 2.79 bits per heavy atom. The van der Waals surface area contributed by atoms with Crippen LogP contribution < -0.4 is 15.8 Å². The Hall–Kier alpha value is -2.62. The van der Waals surface area contributed by atoms with Gasteiger partial charge in [-0.2, -0.15) is 4.94 Å². The van der Waals surface area contributed by atoms with E-state index in [-0.39, 0.29) is 25.0 Å². The average molecular weight is 484 g/mol. The number of halogens is 1. The summed E-state index contributed by atoms with van der Waals surface area (Å²) in [5, 5.41) is 20.9. The highest BCUT2D eigenvalue weighted by Gasteiger charge is 2.47. The normalized spacial score (nSPS) is 21.9. The van der Waals surface area contributed by atoms with E-state index in [1.54, 1.807) is 0 Å². The topological polar surface area (TPSA) is 141 Å². The first-order chi connectivity index (χ1) is 15.7. The molecular weight excluding hydrogens is 462 g/mol. The van der Waals surface area contributed by atoms with Crippen molar-refractivity contribution in [3.63, 3.8) is 0 Å². The maximum atomic E-state index is 12.1. The molecule has 1 fully saturated rings. The first-order valence-corrected chi connectivity index (χ1v) is 10.7. The quantitative estimate of drug-likeness (QED) is 0.335. The standard InChI is InChI=1S/C19H19N2O8P.CH3FO/c1-3-12-9-21(18(23)20-17(12)22)15-8-7-14(27-15)19(24,25)29-30-26-10-13-6-4-5-11(2)16(13)28-30;1-3-2/h1,4-6,9,14-15,24-25H,7-8,10H2,2H3,(H,20,22,23);1H3. The largest absolute Gasteiger partial charge is 0.426 e. The molecule has 4 rings (SSSR count). The lowest BCUT2D eigenvalue weighted by Gasteiger charge is -2.32. The zero-order valence-electron chi connectivity index (χ0n) is 17.7. The monoisotopic (exact) mass is 484 g/mol. The second-order valence-electron chi connectivity index (χ2n) is 7.07. The minimum absolute atomic E-state index is 0.0429. The molecule has 2 aromatic rings. The van der Waals surface area contributed by atoms with Crippen LogP contribution in [0.2, 0.25) is 0 Å². The summed E-state index contributed by atoms with van der Waals surface area (Å²) in [6, 6.07) is 5.58. The van der Waals surface area contributed by atoms with Gasteiger partial charge >= 0.3 is 20.3 Å². The highest BCUT2D eigenvalue weighted by molar-refractivity contribution is 7.42. The molecule has 3 unspecified atom stereocenters. The van der Waals surface area contributed by atoms with Crippen molar-refractivity contribution >= 4 is 8.60 Å². The molecule has 11 nitrogen and oxygen atoms in total. The van der Waals surface area contributed by atoms with Gasteiger partial charge in [-0.05, 0) is 29.9 Å². The van der Waals surface area contributed by atoms with E-state index in [9.17, 15) is 24.3 Å². The molecule has 0 radical (unpaired) electrons. The summed E-state index contributed by atoms with van der Waals surface area (Å²) in [7, 11) is -1.13. The first-order valence-electron chi connectivity index (χ1n) is 9.65. The fourth-order valence-electron chi connectivity index (χ4n) is 3.30. The zero-order valence-corrected chi connectivity index (χ0v) is 18.6. The number of hydrogen-bond donors (Lipinski definition) is 3. The fourth-order valence-corrected chi connectivity index (χ4v) is 4.43. The van der Waals surface area contributed by atoms with E-state index >= 15 is 0 Å². The highest BCUT2D eigenvalue weighted by Crippen LogP contribution is 2.51. The van der Waals surface area contributed by atoms with Crippen molar-refractivity contribution in [1.82, 2.24) is 9.55 Å². The number of fused-ring (bicyclic) bond motifs is 1. The molecule has 0 spiro atoms. The van der Waals surface area contributed by atoms with Gasteiger partial charge in [0.1, 0.15) is 23.6 Å². The fraction of sp³-hybridized carbons (Fsp3) is 0.400. The van der Waals surface area contributed by atoms with Crippen LogP contribution in [0, 0.1) is 19.3 Å². The van der Waals surface area contributed by atoms with Gasteiger partial charge in [0, 0.05) is 11.8 Å². The second-order valence-corrected chi connectivity index (χ2v) is 8.14. The number of terminal acetylenes is 1. The molecular formula is C20H22FN2O9P. The summed E-state index contributed by atoms with van der Waals surface area (Å²) < 4.78 is 32.9. The lowest BCUT2D eigenvalue weighted by atomic mass is 10.1. The molecule has 33 heavy (non-hydrogen) atoms. The predicted octanol–water partition coefficient (Wildman–Crippen LogP) is 1.51. The number of aliphatic hydroxyl groups is 2. The van der Waals surface area contributed by atoms with Gasteiger partial charge in [0.05, 0.1) is 13.7 Å². The summed E-state index contributed by atoms with van der Waals surface area (Å²) >= 11 is 0. The van der Waals surface area contributed by atoms with E-state index in [2.05, 4.69) is 15.8 Å². The number of nitrogens with zero attached hydrogens (tertiary/aromatic N) is 1. The third-order valence-electron chi connectivity index (χ3n) is 4.84. The van der Waals surface area contributed by atoms with Crippen LogP contribution >= 0.6 is 8.60 Å². The van der Waals surface area contributed by atoms with Gasteiger partial charge in [0.2, 0.25) is 0 Å². The van der Waals surface area contributed by atoms with E-state index in [1.807, 2.05) is 25.1 Å². The van der Waals surface area contributed by atoms with Gasteiger partial charge < -0.3 is 19.5 Å². The minimum Gasteiger partial charge on any atom is -0.426 e. The van der Waals surface area contributed by atoms with Crippen molar-refractivity contribution in [2.75, 3.05) is 7.11 Å². The molecule has 3 N–H and O–H groups in total. The molecule has 0 bridgehead atoms. The predicted molar refractivity (Wildman–Crippen MR) is 112 cm³/mol. The van der Waals surface area contributed by atoms with Crippen LogP contribution in [0.4, 0.5) is 4.53 Å². The maximum Gasteiger partial charge on any atom is 0.402 e. The van der Waals surface area contributed by atoms with E-state index < -0.39 is 38.2 Å². The molecule has 3 atom stereocenters. The molecule has 1 aromatic carbocycles. The Kier molecular flexibility index (Phi) is 7.99.